The van der Waals surface area contributed by atoms with E-state index >= 15 is 0 Å². The summed E-state index contributed by atoms with van der Waals surface area (Å²) in [7, 11) is 0. The molecule has 2 aliphatic rings. The Kier molecular flexibility index (Phi) is 5.42. The van der Waals surface area contributed by atoms with E-state index in [2.05, 4.69) is 11.0 Å². The van der Waals surface area contributed by atoms with Crippen molar-refractivity contribution in [2.75, 3.05) is 19.2 Å². The molecule has 1 atom stereocenters. The average molecular weight is 395 g/mol. The summed E-state index contributed by atoms with van der Waals surface area (Å²) in [5, 5.41) is 10.6. The van der Waals surface area contributed by atoms with Gasteiger partial charge in [0.2, 0.25) is 5.91 Å². The van der Waals surface area contributed by atoms with Crippen molar-refractivity contribution in [1.82, 2.24) is 9.80 Å². The number of nitrogens with zero attached hydrogens (tertiary/aromatic N) is 3. The Balaban J connectivity index is 1.57. The number of hydrogen-bond donors (Lipinski definition) is 0. The van der Waals surface area contributed by atoms with Crippen molar-refractivity contribution >= 4 is 17.7 Å². The van der Waals surface area contributed by atoms with E-state index in [1.807, 2.05) is 43.3 Å². The lowest BCUT2D eigenvalue weighted by Gasteiger charge is -2.41. The van der Waals surface area contributed by atoms with E-state index in [4.69, 9.17) is 9.15 Å². The van der Waals surface area contributed by atoms with Crippen LogP contribution in [0.5, 0.6) is 5.75 Å². The van der Waals surface area contributed by atoms with Crippen molar-refractivity contribution in [2.45, 2.75) is 25.8 Å². The zero-order chi connectivity index (χ0) is 19.5. The number of amides is 1. The fourth-order valence-corrected chi connectivity index (χ4v) is 4.72. The highest BCUT2D eigenvalue weighted by Crippen LogP contribution is 2.42. The Hall–Kier alpha value is -2.69. The standard InChI is InChI=1S/C21H21N3O3S/c1-2-26-16-7-5-15(6-8-16)18-10-20(25)24-13-23(12-17-4-3-9-27-17)14-28-21(24)19(18)11-22/h3-9,18H,2,10,12-14H2,1H3/t18-/m1/s1. The highest BCUT2D eigenvalue weighted by atomic mass is 32.2. The molecule has 0 aliphatic carbocycles. The van der Waals surface area contributed by atoms with Gasteiger partial charge >= 0.3 is 0 Å². The third-order valence-corrected chi connectivity index (χ3v) is 6.11. The average Bonchev–Trinajstić information content (AvgIpc) is 3.22. The third kappa shape index (κ3) is 3.66. The van der Waals surface area contributed by atoms with Gasteiger partial charge in [0.25, 0.3) is 0 Å². The molecule has 2 aromatic rings. The Morgan fingerprint density at radius 3 is 2.82 bits per heavy atom. The van der Waals surface area contributed by atoms with Gasteiger partial charge in [-0.15, -0.1) is 0 Å². The summed E-state index contributed by atoms with van der Waals surface area (Å²) in [5.41, 5.74) is 1.64. The molecule has 0 spiro atoms. The van der Waals surface area contributed by atoms with Gasteiger partial charge in [0.15, 0.2) is 0 Å². The summed E-state index contributed by atoms with van der Waals surface area (Å²) >= 11 is 1.55. The van der Waals surface area contributed by atoms with E-state index in [1.54, 1.807) is 22.9 Å². The molecule has 4 rings (SSSR count). The van der Waals surface area contributed by atoms with Crippen molar-refractivity contribution in [3.8, 4) is 11.8 Å². The lowest BCUT2D eigenvalue weighted by Crippen LogP contribution is -2.46. The van der Waals surface area contributed by atoms with Crippen LogP contribution in [0.15, 0.2) is 57.7 Å². The number of carbonyl (C=O) groups excluding carboxylic acids is 1. The zero-order valence-corrected chi connectivity index (χ0v) is 16.4. The minimum Gasteiger partial charge on any atom is -0.494 e. The molecule has 0 N–H and O–H groups in total. The maximum atomic E-state index is 12.9. The van der Waals surface area contributed by atoms with Crippen molar-refractivity contribution < 1.29 is 13.9 Å². The molecule has 1 aromatic carbocycles. The summed E-state index contributed by atoms with van der Waals surface area (Å²) in [6.07, 6.45) is 1.95. The van der Waals surface area contributed by atoms with E-state index in [9.17, 15) is 10.1 Å². The van der Waals surface area contributed by atoms with Crippen molar-refractivity contribution in [3.63, 3.8) is 0 Å². The van der Waals surface area contributed by atoms with Crippen LogP contribution in [0.25, 0.3) is 0 Å². The second kappa shape index (κ2) is 8.13. The van der Waals surface area contributed by atoms with Gasteiger partial charge in [0.05, 0.1) is 48.6 Å². The Labute approximate surface area is 168 Å². The first kappa shape index (κ1) is 18.7. The maximum absolute atomic E-state index is 12.9. The first-order chi connectivity index (χ1) is 13.7. The highest BCUT2D eigenvalue weighted by Gasteiger charge is 2.38. The van der Waals surface area contributed by atoms with Crippen LogP contribution in [-0.4, -0.2) is 34.9 Å². The first-order valence-corrected chi connectivity index (χ1v) is 10.2. The molecule has 7 heteroatoms. The number of allylic oxidation sites excluding steroid dienone is 1. The molecule has 0 saturated carbocycles. The van der Waals surface area contributed by atoms with Gasteiger partial charge in [-0.1, -0.05) is 23.9 Å². The number of benzene rings is 1. The lowest BCUT2D eigenvalue weighted by molar-refractivity contribution is -0.132. The number of nitriles is 1. The van der Waals surface area contributed by atoms with Crippen LogP contribution in [-0.2, 0) is 11.3 Å². The topological polar surface area (TPSA) is 69.7 Å². The SMILES string of the molecule is CCOc1ccc([C@H]2CC(=O)N3CN(Cc4ccco4)CSC3=C2C#N)cc1. The summed E-state index contributed by atoms with van der Waals surface area (Å²) in [5.74, 6) is 2.21. The number of furan rings is 1. The Morgan fingerprint density at radius 2 is 2.14 bits per heavy atom. The van der Waals surface area contributed by atoms with Crippen LogP contribution in [0.4, 0.5) is 0 Å². The molecule has 1 amide bonds. The molecule has 0 radical (unpaired) electrons. The number of rotatable bonds is 5. The smallest absolute Gasteiger partial charge is 0.229 e. The first-order valence-electron chi connectivity index (χ1n) is 9.24. The van der Waals surface area contributed by atoms with Crippen LogP contribution in [0.3, 0.4) is 0 Å². The molecule has 0 unspecified atom stereocenters. The second-order valence-corrected chi connectivity index (χ2v) is 7.67. The zero-order valence-electron chi connectivity index (χ0n) is 15.6. The van der Waals surface area contributed by atoms with E-state index in [0.717, 1.165) is 22.1 Å². The fourth-order valence-electron chi connectivity index (χ4n) is 3.58. The minimum absolute atomic E-state index is 0.0459. The molecule has 1 fully saturated rings. The van der Waals surface area contributed by atoms with Crippen LogP contribution >= 0.6 is 11.8 Å². The molecule has 1 saturated heterocycles. The van der Waals surface area contributed by atoms with E-state index < -0.39 is 0 Å². The van der Waals surface area contributed by atoms with Gasteiger partial charge in [-0.2, -0.15) is 5.26 Å². The molecule has 3 heterocycles. The number of hydrogen-bond acceptors (Lipinski definition) is 6. The number of thioether (sulfide) groups is 1. The van der Waals surface area contributed by atoms with Gasteiger partial charge in [-0.3, -0.25) is 14.6 Å². The number of carbonyl (C=O) groups is 1. The summed E-state index contributed by atoms with van der Waals surface area (Å²) in [4.78, 5) is 16.8. The second-order valence-electron chi connectivity index (χ2n) is 6.73. The maximum Gasteiger partial charge on any atom is 0.229 e. The Bertz CT molecular complexity index is 915. The van der Waals surface area contributed by atoms with E-state index in [0.29, 0.717) is 37.7 Å². The van der Waals surface area contributed by atoms with Crippen molar-refractivity contribution in [3.05, 3.63) is 64.6 Å². The number of ether oxygens (including phenoxy) is 1. The van der Waals surface area contributed by atoms with Crippen molar-refractivity contribution in [1.29, 1.82) is 5.26 Å². The van der Waals surface area contributed by atoms with E-state index in [-0.39, 0.29) is 11.8 Å². The fraction of sp³-hybridized carbons (Fsp3) is 0.333. The lowest BCUT2D eigenvalue weighted by atomic mass is 9.86. The minimum atomic E-state index is -0.205. The monoisotopic (exact) mass is 395 g/mol. The van der Waals surface area contributed by atoms with Crippen LogP contribution in [0.1, 0.15) is 30.6 Å². The van der Waals surface area contributed by atoms with Crippen LogP contribution < -0.4 is 4.74 Å². The highest BCUT2D eigenvalue weighted by molar-refractivity contribution is 8.03. The molecule has 28 heavy (non-hydrogen) atoms. The van der Waals surface area contributed by atoms with Gasteiger partial charge in [0, 0.05) is 12.3 Å². The van der Waals surface area contributed by atoms with Gasteiger partial charge in [-0.05, 0) is 36.8 Å². The number of fused-ring (bicyclic) bond motifs is 1. The molecular weight excluding hydrogens is 374 g/mol. The summed E-state index contributed by atoms with van der Waals surface area (Å²) in [6.45, 7) is 3.66. The molecule has 144 valence electrons. The largest absolute Gasteiger partial charge is 0.494 e. The summed E-state index contributed by atoms with van der Waals surface area (Å²) in [6, 6.07) is 13.9. The molecule has 2 aliphatic heterocycles. The van der Waals surface area contributed by atoms with Gasteiger partial charge in [0.1, 0.15) is 11.5 Å². The van der Waals surface area contributed by atoms with Crippen LogP contribution in [0.2, 0.25) is 0 Å². The normalized spacial score (nSPS) is 20.1. The van der Waals surface area contributed by atoms with Gasteiger partial charge < -0.3 is 9.15 Å². The Morgan fingerprint density at radius 1 is 1.32 bits per heavy atom. The summed E-state index contributed by atoms with van der Waals surface area (Å²) < 4.78 is 10.9. The molecule has 0 bridgehead atoms. The quantitative estimate of drug-likeness (QED) is 0.765. The van der Waals surface area contributed by atoms with E-state index in [1.165, 1.54) is 0 Å². The molecule has 6 nitrogen and oxygen atoms in total. The van der Waals surface area contributed by atoms with Crippen LogP contribution in [0, 0.1) is 11.3 Å². The third-order valence-electron chi connectivity index (χ3n) is 4.90. The van der Waals surface area contributed by atoms with Gasteiger partial charge in [-0.25, -0.2) is 0 Å². The van der Waals surface area contributed by atoms with Crippen molar-refractivity contribution in [2.24, 2.45) is 0 Å². The predicted molar refractivity (Wildman–Crippen MR) is 106 cm³/mol. The molecule has 1 aromatic heterocycles. The molecular formula is C21H21N3O3S. The predicted octanol–water partition coefficient (Wildman–Crippen LogP) is 3.89.